The van der Waals surface area contributed by atoms with E-state index in [1.54, 1.807) is 14.2 Å². The highest BCUT2D eigenvalue weighted by Gasteiger charge is 2.60. The summed E-state index contributed by atoms with van der Waals surface area (Å²) >= 11 is 0. The van der Waals surface area contributed by atoms with Gasteiger partial charge in [0.05, 0.1) is 6.10 Å². The van der Waals surface area contributed by atoms with Crippen molar-refractivity contribution in [2.75, 3.05) is 14.2 Å². The number of hydrogen-bond donors (Lipinski definition) is 1. The highest BCUT2D eigenvalue weighted by molar-refractivity contribution is 5.04. The molecule has 12 heavy (non-hydrogen) atoms. The summed E-state index contributed by atoms with van der Waals surface area (Å²) in [6, 6.07) is 0. The average Bonchev–Trinajstić information content (AvgIpc) is 2.56. The fraction of sp³-hybridized carbons (Fsp3) is 1.00. The van der Waals surface area contributed by atoms with E-state index < -0.39 is 5.79 Å². The molecule has 0 aromatic heterocycles. The summed E-state index contributed by atoms with van der Waals surface area (Å²) < 4.78 is 10.8. The lowest BCUT2D eigenvalue weighted by Crippen LogP contribution is -2.40. The fourth-order valence-corrected chi connectivity index (χ4v) is 3.00. The Morgan fingerprint density at radius 1 is 1.25 bits per heavy atom. The molecule has 0 saturated heterocycles. The third kappa shape index (κ3) is 0.817. The van der Waals surface area contributed by atoms with Gasteiger partial charge in [-0.05, 0) is 19.3 Å². The third-order valence-electron chi connectivity index (χ3n) is 3.54. The van der Waals surface area contributed by atoms with E-state index in [1.807, 2.05) is 0 Å². The van der Waals surface area contributed by atoms with Crippen molar-refractivity contribution in [3.05, 3.63) is 0 Å². The molecule has 2 rings (SSSR count). The van der Waals surface area contributed by atoms with Crippen molar-refractivity contribution in [3.63, 3.8) is 0 Å². The van der Waals surface area contributed by atoms with Gasteiger partial charge in [-0.1, -0.05) is 0 Å². The van der Waals surface area contributed by atoms with Crippen molar-refractivity contribution < 1.29 is 14.6 Å². The van der Waals surface area contributed by atoms with Crippen LogP contribution in [0.25, 0.3) is 0 Å². The Morgan fingerprint density at radius 3 is 2.17 bits per heavy atom. The predicted molar refractivity (Wildman–Crippen MR) is 43.6 cm³/mol. The molecule has 0 amide bonds. The summed E-state index contributed by atoms with van der Waals surface area (Å²) in [6.07, 6.45) is 2.78. The maximum atomic E-state index is 9.66. The summed E-state index contributed by atoms with van der Waals surface area (Å²) in [5.74, 6) is 0.115. The zero-order valence-corrected chi connectivity index (χ0v) is 7.62. The molecule has 2 aliphatic rings. The highest BCUT2D eigenvalue weighted by Crippen LogP contribution is 2.54. The second-order valence-corrected chi connectivity index (χ2v) is 3.81. The Labute approximate surface area is 72.7 Å². The van der Waals surface area contributed by atoms with Crippen LogP contribution in [0, 0.1) is 11.8 Å². The molecule has 3 nitrogen and oxygen atoms in total. The topological polar surface area (TPSA) is 38.7 Å². The number of ether oxygens (including phenoxy) is 2. The molecule has 0 heterocycles. The minimum atomic E-state index is -0.473. The van der Waals surface area contributed by atoms with Gasteiger partial charge in [0, 0.05) is 26.1 Å². The first-order valence-electron chi connectivity index (χ1n) is 4.53. The third-order valence-corrected chi connectivity index (χ3v) is 3.54. The molecule has 2 bridgehead atoms. The van der Waals surface area contributed by atoms with Gasteiger partial charge >= 0.3 is 0 Å². The normalized spacial score (nSPS) is 43.8. The average molecular weight is 172 g/mol. The first kappa shape index (κ1) is 8.48. The Hall–Kier alpha value is -0.120. The Morgan fingerprint density at radius 2 is 1.92 bits per heavy atom. The van der Waals surface area contributed by atoms with Crippen molar-refractivity contribution >= 4 is 0 Å². The van der Waals surface area contributed by atoms with Crippen molar-refractivity contribution in [1.82, 2.24) is 0 Å². The first-order valence-corrected chi connectivity index (χ1v) is 4.53. The van der Waals surface area contributed by atoms with E-state index in [1.165, 1.54) is 0 Å². The van der Waals surface area contributed by atoms with Gasteiger partial charge in [0.15, 0.2) is 5.79 Å². The number of rotatable bonds is 2. The quantitative estimate of drug-likeness (QED) is 0.625. The maximum Gasteiger partial charge on any atom is 0.175 e. The monoisotopic (exact) mass is 172 g/mol. The molecule has 3 heteroatoms. The van der Waals surface area contributed by atoms with Crippen LogP contribution in [0.4, 0.5) is 0 Å². The van der Waals surface area contributed by atoms with Gasteiger partial charge in [0.2, 0.25) is 0 Å². The number of methoxy groups -OCH3 is 2. The van der Waals surface area contributed by atoms with Crippen LogP contribution >= 0.6 is 0 Å². The van der Waals surface area contributed by atoms with Gasteiger partial charge in [-0.2, -0.15) is 0 Å². The number of fused-ring (bicyclic) bond motifs is 2. The number of aliphatic hydroxyl groups excluding tert-OH is 1. The summed E-state index contributed by atoms with van der Waals surface area (Å²) in [4.78, 5) is 0. The summed E-state index contributed by atoms with van der Waals surface area (Å²) in [6.45, 7) is 0. The lowest BCUT2D eigenvalue weighted by Gasteiger charge is -2.31. The molecule has 1 N–H and O–H groups in total. The van der Waals surface area contributed by atoms with Gasteiger partial charge in [0.25, 0.3) is 0 Å². The summed E-state index contributed by atoms with van der Waals surface area (Å²) in [5.41, 5.74) is 0. The molecule has 3 atom stereocenters. The van der Waals surface area contributed by atoms with E-state index in [0.717, 1.165) is 19.3 Å². The molecule has 0 unspecified atom stereocenters. The largest absolute Gasteiger partial charge is 0.393 e. The van der Waals surface area contributed by atoms with Crippen LogP contribution in [0.15, 0.2) is 0 Å². The van der Waals surface area contributed by atoms with Gasteiger partial charge in [-0.3, -0.25) is 0 Å². The molecule has 2 fully saturated rings. The minimum absolute atomic E-state index is 0.192. The molecule has 2 saturated carbocycles. The highest BCUT2D eigenvalue weighted by atomic mass is 16.7. The fourth-order valence-electron chi connectivity index (χ4n) is 3.00. The van der Waals surface area contributed by atoms with Gasteiger partial charge in [0.1, 0.15) is 0 Å². The molecular formula is C9H16O3. The lowest BCUT2D eigenvalue weighted by atomic mass is 9.98. The molecule has 70 valence electrons. The van der Waals surface area contributed by atoms with Crippen molar-refractivity contribution in [2.24, 2.45) is 11.8 Å². The molecule has 0 aromatic carbocycles. The molecule has 0 aromatic rings. The second-order valence-electron chi connectivity index (χ2n) is 3.81. The Kier molecular flexibility index (Phi) is 1.90. The predicted octanol–water partition coefficient (Wildman–Crippen LogP) is 0.766. The van der Waals surface area contributed by atoms with Gasteiger partial charge in [-0.25, -0.2) is 0 Å². The van der Waals surface area contributed by atoms with Crippen molar-refractivity contribution in [2.45, 2.75) is 31.2 Å². The number of hydrogen-bond acceptors (Lipinski definition) is 3. The Balaban J connectivity index is 2.26. The second kappa shape index (κ2) is 2.69. The van der Waals surface area contributed by atoms with Crippen LogP contribution in [0.3, 0.4) is 0 Å². The van der Waals surface area contributed by atoms with E-state index in [9.17, 15) is 5.11 Å². The van der Waals surface area contributed by atoms with E-state index in [0.29, 0.717) is 5.92 Å². The van der Waals surface area contributed by atoms with Crippen LogP contribution in [0.1, 0.15) is 19.3 Å². The van der Waals surface area contributed by atoms with Gasteiger partial charge in [-0.15, -0.1) is 0 Å². The molecule has 0 radical (unpaired) electrons. The lowest BCUT2D eigenvalue weighted by molar-refractivity contribution is -0.239. The summed E-state index contributed by atoms with van der Waals surface area (Å²) in [5, 5.41) is 9.66. The standard InChI is InChI=1S/C9H16O3/c1-11-9(12-2)6-3-4-7(9)8(10)5-6/h6-8,10H,3-5H2,1-2H3/t6-,7+,8-/m0/s1. The van der Waals surface area contributed by atoms with E-state index in [4.69, 9.17) is 9.47 Å². The van der Waals surface area contributed by atoms with Crippen molar-refractivity contribution in [3.8, 4) is 0 Å². The van der Waals surface area contributed by atoms with E-state index in [-0.39, 0.29) is 12.0 Å². The SMILES string of the molecule is COC1(OC)[C@H]2CC[C@@H]1[C@@H](O)C2. The van der Waals surface area contributed by atoms with Crippen LogP contribution < -0.4 is 0 Å². The molecule has 0 aliphatic heterocycles. The van der Waals surface area contributed by atoms with Crippen LogP contribution in [-0.4, -0.2) is 31.2 Å². The smallest absolute Gasteiger partial charge is 0.175 e. The Bertz CT molecular complexity index is 177. The van der Waals surface area contributed by atoms with Crippen molar-refractivity contribution in [1.29, 1.82) is 0 Å². The summed E-state index contributed by atoms with van der Waals surface area (Å²) in [7, 11) is 3.35. The van der Waals surface area contributed by atoms with Crippen LogP contribution in [0.5, 0.6) is 0 Å². The number of aliphatic hydroxyl groups is 1. The van der Waals surface area contributed by atoms with Crippen LogP contribution in [-0.2, 0) is 9.47 Å². The maximum absolute atomic E-state index is 9.66. The van der Waals surface area contributed by atoms with Gasteiger partial charge < -0.3 is 14.6 Å². The molecule has 2 aliphatic carbocycles. The molecule has 0 spiro atoms. The van der Waals surface area contributed by atoms with E-state index in [2.05, 4.69) is 0 Å². The zero-order valence-electron chi connectivity index (χ0n) is 7.62. The minimum Gasteiger partial charge on any atom is -0.393 e. The molecular weight excluding hydrogens is 156 g/mol. The van der Waals surface area contributed by atoms with E-state index >= 15 is 0 Å². The first-order chi connectivity index (χ1) is 5.74. The zero-order chi connectivity index (χ0) is 8.77. The van der Waals surface area contributed by atoms with Crippen LogP contribution in [0.2, 0.25) is 0 Å².